The van der Waals surface area contributed by atoms with Gasteiger partial charge >= 0.3 is 0 Å². The van der Waals surface area contributed by atoms with Crippen molar-refractivity contribution in [1.82, 2.24) is 20.0 Å². The maximum absolute atomic E-state index is 12.7. The summed E-state index contributed by atoms with van der Waals surface area (Å²) >= 11 is 0. The second kappa shape index (κ2) is 6.87. The fraction of sp³-hybridized carbons (Fsp3) is 0.789. The topological polar surface area (TPSA) is 50.2 Å². The molecule has 5 heteroatoms. The monoisotopic (exact) mass is 332 g/mol. The van der Waals surface area contributed by atoms with Crippen LogP contribution in [0.3, 0.4) is 0 Å². The van der Waals surface area contributed by atoms with Crippen molar-refractivity contribution in [3.05, 3.63) is 17.5 Å². The van der Waals surface area contributed by atoms with E-state index in [2.05, 4.69) is 37.9 Å². The first-order valence-corrected chi connectivity index (χ1v) is 9.45. The van der Waals surface area contributed by atoms with Gasteiger partial charge in [-0.15, -0.1) is 0 Å². The van der Waals surface area contributed by atoms with Gasteiger partial charge in [0.15, 0.2) is 0 Å². The van der Waals surface area contributed by atoms with Gasteiger partial charge in [0.05, 0.1) is 11.2 Å². The van der Waals surface area contributed by atoms with E-state index < -0.39 is 0 Å². The van der Waals surface area contributed by atoms with Gasteiger partial charge in [-0.3, -0.25) is 9.48 Å². The Bertz CT molecular complexity index is 575. The number of amides is 1. The molecular formula is C19H32N4O. The first-order chi connectivity index (χ1) is 11.3. The summed E-state index contributed by atoms with van der Waals surface area (Å²) in [6.45, 7) is 12.6. The zero-order valence-corrected chi connectivity index (χ0v) is 15.6. The fourth-order valence-electron chi connectivity index (χ4n) is 3.35. The van der Waals surface area contributed by atoms with Crippen LogP contribution in [0.4, 0.5) is 0 Å². The Hall–Kier alpha value is -1.36. The molecule has 0 aromatic carbocycles. The van der Waals surface area contributed by atoms with Gasteiger partial charge in [0.1, 0.15) is 5.69 Å². The molecule has 1 aromatic rings. The summed E-state index contributed by atoms with van der Waals surface area (Å²) in [4.78, 5) is 15.1. The van der Waals surface area contributed by atoms with E-state index in [1.165, 1.54) is 25.7 Å². The number of nitrogens with zero attached hydrogens (tertiary/aromatic N) is 3. The molecule has 1 aliphatic heterocycles. The fourth-order valence-corrected chi connectivity index (χ4v) is 3.35. The quantitative estimate of drug-likeness (QED) is 0.902. The summed E-state index contributed by atoms with van der Waals surface area (Å²) in [5.74, 6) is 1.42. The van der Waals surface area contributed by atoms with Gasteiger partial charge in [0.2, 0.25) is 0 Å². The van der Waals surface area contributed by atoms with E-state index >= 15 is 0 Å². The van der Waals surface area contributed by atoms with Crippen LogP contribution in [-0.2, 0) is 5.54 Å². The molecule has 1 amide bonds. The van der Waals surface area contributed by atoms with E-state index in [4.69, 9.17) is 5.10 Å². The van der Waals surface area contributed by atoms with Crippen molar-refractivity contribution in [2.24, 2.45) is 5.92 Å². The number of hydrogen-bond acceptors (Lipinski definition) is 3. The lowest BCUT2D eigenvalue weighted by atomic mass is 9.99. The average Bonchev–Trinajstić information content (AvgIpc) is 3.26. The Labute approximate surface area is 145 Å². The van der Waals surface area contributed by atoms with E-state index in [9.17, 15) is 4.79 Å². The summed E-state index contributed by atoms with van der Waals surface area (Å²) in [5.41, 5.74) is 1.61. The third kappa shape index (κ3) is 4.18. The first-order valence-electron chi connectivity index (χ1n) is 9.45. The molecule has 0 bridgehead atoms. The summed E-state index contributed by atoms with van der Waals surface area (Å²) in [7, 11) is 0. The van der Waals surface area contributed by atoms with Gasteiger partial charge in [-0.1, -0.05) is 6.92 Å². The number of aromatic nitrogens is 2. The predicted molar refractivity (Wildman–Crippen MR) is 96.4 cm³/mol. The Morgan fingerprint density at radius 2 is 1.92 bits per heavy atom. The SMILES string of the molecule is CC1CCN(CCNC(=O)c2cc(C3CC3)nn2C(C)(C)C)CC1. The van der Waals surface area contributed by atoms with Crippen LogP contribution >= 0.6 is 0 Å². The van der Waals surface area contributed by atoms with Gasteiger partial charge in [-0.05, 0) is 71.5 Å². The van der Waals surface area contributed by atoms with Crippen LogP contribution in [-0.4, -0.2) is 46.8 Å². The van der Waals surface area contributed by atoms with Gasteiger partial charge in [-0.25, -0.2) is 0 Å². The van der Waals surface area contributed by atoms with Crippen molar-refractivity contribution in [1.29, 1.82) is 0 Å². The molecule has 3 rings (SSSR count). The Morgan fingerprint density at radius 1 is 1.25 bits per heavy atom. The number of rotatable bonds is 5. The number of hydrogen-bond donors (Lipinski definition) is 1. The van der Waals surface area contributed by atoms with E-state index in [-0.39, 0.29) is 11.4 Å². The summed E-state index contributed by atoms with van der Waals surface area (Å²) in [6.07, 6.45) is 4.95. The highest BCUT2D eigenvalue weighted by Crippen LogP contribution is 2.40. The number of nitrogens with one attached hydrogen (secondary N) is 1. The molecule has 1 saturated heterocycles. The van der Waals surface area contributed by atoms with Crippen LogP contribution in [0.25, 0.3) is 0 Å². The van der Waals surface area contributed by atoms with Gasteiger partial charge in [-0.2, -0.15) is 5.10 Å². The van der Waals surface area contributed by atoms with Crippen LogP contribution in [0.15, 0.2) is 6.07 Å². The van der Waals surface area contributed by atoms with E-state index in [1.54, 1.807) is 0 Å². The van der Waals surface area contributed by atoms with Gasteiger partial charge in [0, 0.05) is 19.0 Å². The molecule has 2 aliphatic rings. The van der Waals surface area contributed by atoms with Crippen LogP contribution in [0.1, 0.15) is 75.5 Å². The normalized spacial score (nSPS) is 20.3. The minimum Gasteiger partial charge on any atom is -0.349 e. The Morgan fingerprint density at radius 3 is 2.50 bits per heavy atom. The van der Waals surface area contributed by atoms with Crippen LogP contribution in [0, 0.1) is 5.92 Å². The van der Waals surface area contributed by atoms with Crippen LogP contribution in [0.2, 0.25) is 0 Å². The number of carbonyl (C=O) groups is 1. The molecule has 1 aliphatic carbocycles. The third-order valence-electron chi connectivity index (χ3n) is 5.18. The molecule has 1 N–H and O–H groups in total. The molecule has 0 spiro atoms. The predicted octanol–water partition coefficient (Wildman–Crippen LogP) is 2.98. The number of carbonyl (C=O) groups excluding carboxylic acids is 1. The lowest BCUT2D eigenvalue weighted by Gasteiger charge is -2.30. The molecule has 0 radical (unpaired) electrons. The van der Waals surface area contributed by atoms with Crippen molar-refractivity contribution in [3.63, 3.8) is 0 Å². The Kier molecular flexibility index (Phi) is 5.00. The Balaban J connectivity index is 1.58. The second-order valence-electron chi connectivity index (χ2n) is 8.59. The molecule has 134 valence electrons. The summed E-state index contributed by atoms with van der Waals surface area (Å²) in [6, 6.07) is 2.00. The lowest BCUT2D eigenvalue weighted by molar-refractivity contribution is 0.0926. The first kappa shape index (κ1) is 17.5. The average molecular weight is 332 g/mol. The second-order valence-corrected chi connectivity index (χ2v) is 8.59. The standard InChI is InChI=1S/C19H32N4O/c1-14-7-10-22(11-8-14)12-9-20-18(24)17-13-16(15-5-6-15)21-23(17)19(2,3)4/h13-15H,5-12H2,1-4H3,(H,20,24). The minimum absolute atomic E-state index is 0.00898. The highest BCUT2D eigenvalue weighted by Gasteiger charge is 2.31. The molecular weight excluding hydrogens is 300 g/mol. The van der Waals surface area contributed by atoms with Crippen molar-refractivity contribution in [3.8, 4) is 0 Å². The molecule has 0 atom stereocenters. The number of likely N-dealkylation sites (tertiary alicyclic amines) is 1. The zero-order chi connectivity index (χ0) is 17.3. The highest BCUT2D eigenvalue weighted by atomic mass is 16.2. The molecule has 24 heavy (non-hydrogen) atoms. The van der Waals surface area contributed by atoms with Gasteiger partial charge < -0.3 is 10.2 Å². The van der Waals surface area contributed by atoms with E-state index in [1.807, 2.05) is 10.7 Å². The molecule has 5 nitrogen and oxygen atoms in total. The summed E-state index contributed by atoms with van der Waals surface area (Å²) < 4.78 is 1.90. The zero-order valence-electron chi connectivity index (χ0n) is 15.6. The third-order valence-corrected chi connectivity index (χ3v) is 5.18. The molecule has 1 saturated carbocycles. The molecule has 0 unspecified atom stereocenters. The lowest BCUT2D eigenvalue weighted by Crippen LogP contribution is -2.40. The molecule has 2 fully saturated rings. The van der Waals surface area contributed by atoms with E-state index in [0.717, 1.165) is 31.2 Å². The van der Waals surface area contributed by atoms with Crippen molar-refractivity contribution in [2.75, 3.05) is 26.2 Å². The molecule has 2 heterocycles. The largest absolute Gasteiger partial charge is 0.349 e. The van der Waals surface area contributed by atoms with Crippen LogP contribution < -0.4 is 5.32 Å². The van der Waals surface area contributed by atoms with Gasteiger partial charge in [0.25, 0.3) is 5.91 Å². The highest BCUT2D eigenvalue weighted by molar-refractivity contribution is 5.92. The maximum atomic E-state index is 12.7. The minimum atomic E-state index is -0.178. The van der Waals surface area contributed by atoms with Crippen molar-refractivity contribution >= 4 is 5.91 Å². The van der Waals surface area contributed by atoms with Crippen molar-refractivity contribution < 1.29 is 4.79 Å². The smallest absolute Gasteiger partial charge is 0.269 e. The van der Waals surface area contributed by atoms with Crippen molar-refractivity contribution in [2.45, 2.75) is 64.8 Å². The van der Waals surface area contributed by atoms with E-state index in [0.29, 0.717) is 18.2 Å². The maximum Gasteiger partial charge on any atom is 0.269 e. The molecule has 1 aromatic heterocycles. The number of piperidine rings is 1. The van der Waals surface area contributed by atoms with Crippen LogP contribution in [0.5, 0.6) is 0 Å². The summed E-state index contributed by atoms with van der Waals surface area (Å²) in [5, 5.41) is 7.82.